The van der Waals surface area contributed by atoms with E-state index in [-0.39, 0.29) is 0 Å². The van der Waals surface area contributed by atoms with E-state index in [0.29, 0.717) is 5.56 Å². The van der Waals surface area contributed by atoms with Crippen LogP contribution in [0.2, 0.25) is 0 Å². The Kier molecular flexibility index (Phi) is 3.52. The molecule has 0 unspecified atom stereocenters. The first-order valence-electron chi connectivity index (χ1n) is 3.22. The number of benzene rings is 1. The zero-order chi connectivity index (χ0) is 9.14. The fourth-order valence-electron chi connectivity index (χ4n) is 0.851. The first-order valence-corrected chi connectivity index (χ1v) is 5.54. The lowest BCUT2D eigenvalue weighted by molar-refractivity contribution is 0.0696. The number of carboxylic acids is 1. The highest BCUT2D eigenvalue weighted by Gasteiger charge is 2.04. The van der Waals surface area contributed by atoms with Crippen LogP contribution in [-0.2, 0) is 4.43 Å². The molecule has 0 heterocycles. The molecular weight excluding hydrogens is 335 g/mol. The quantitative estimate of drug-likeness (QED) is 0.663. The molecule has 0 aliphatic carbocycles. The molecule has 0 atom stereocenters. The zero-order valence-electron chi connectivity index (χ0n) is 6.05. The number of carbonyl (C=O) groups is 1. The number of aromatic carboxylic acids is 1. The molecular formula is C8H6BrIO2. The molecule has 1 aromatic rings. The summed E-state index contributed by atoms with van der Waals surface area (Å²) in [6.45, 7) is 0. The van der Waals surface area contributed by atoms with Crippen LogP contribution in [0.1, 0.15) is 15.9 Å². The Morgan fingerprint density at radius 1 is 1.50 bits per heavy atom. The van der Waals surface area contributed by atoms with E-state index < -0.39 is 5.97 Å². The van der Waals surface area contributed by atoms with Crippen LogP contribution in [-0.4, -0.2) is 11.1 Å². The molecule has 1 rings (SSSR count). The van der Waals surface area contributed by atoms with Crippen LogP contribution >= 0.6 is 38.5 Å². The summed E-state index contributed by atoms with van der Waals surface area (Å²) in [5.74, 6) is -0.887. The largest absolute Gasteiger partial charge is 0.478 e. The highest BCUT2D eigenvalue weighted by atomic mass is 127. The minimum atomic E-state index is -0.887. The molecule has 0 saturated carbocycles. The molecule has 0 spiro atoms. The average molecular weight is 341 g/mol. The summed E-state index contributed by atoms with van der Waals surface area (Å²) in [5, 5.41) is 8.71. The second-order valence-corrected chi connectivity index (χ2v) is 3.97. The number of hydrogen-bond donors (Lipinski definition) is 1. The molecule has 64 valence electrons. The van der Waals surface area contributed by atoms with E-state index in [4.69, 9.17) is 5.11 Å². The van der Waals surface area contributed by atoms with Gasteiger partial charge in [0.05, 0.1) is 5.56 Å². The van der Waals surface area contributed by atoms with Crippen LogP contribution in [0.5, 0.6) is 0 Å². The van der Waals surface area contributed by atoms with E-state index in [1.807, 2.05) is 6.07 Å². The maximum absolute atomic E-state index is 10.6. The van der Waals surface area contributed by atoms with Crippen LogP contribution < -0.4 is 0 Å². The third-order valence-electron chi connectivity index (χ3n) is 1.36. The van der Waals surface area contributed by atoms with Crippen molar-refractivity contribution in [2.24, 2.45) is 0 Å². The summed E-state index contributed by atoms with van der Waals surface area (Å²) in [6, 6.07) is 5.19. The number of carboxylic acid groups (broad SMARTS) is 1. The lowest BCUT2D eigenvalue weighted by atomic mass is 10.1. The lowest BCUT2D eigenvalue weighted by Gasteiger charge is -1.99. The molecule has 1 N–H and O–H groups in total. The summed E-state index contributed by atoms with van der Waals surface area (Å²) in [5.41, 5.74) is 1.35. The van der Waals surface area contributed by atoms with Crippen molar-refractivity contribution >= 4 is 44.5 Å². The predicted molar refractivity (Wildman–Crippen MR) is 58.8 cm³/mol. The average Bonchev–Trinajstić information content (AvgIpc) is 2.03. The Morgan fingerprint density at radius 2 is 2.17 bits per heavy atom. The molecule has 4 heteroatoms. The molecule has 0 saturated heterocycles. The second-order valence-electron chi connectivity index (χ2n) is 2.29. The summed E-state index contributed by atoms with van der Waals surface area (Å²) in [4.78, 5) is 10.6. The monoisotopic (exact) mass is 340 g/mol. The molecule has 0 radical (unpaired) electrons. The Morgan fingerprint density at radius 3 is 2.67 bits per heavy atom. The van der Waals surface area contributed by atoms with Crippen LogP contribution in [0, 0.1) is 0 Å². The van der Waals surface area contributed by atoms with Gasteiger partial charge in [-0.1, -0.05) is 38.5 Å². The zero-order valence-corrected chi connectivity index (χ0v) is 9.79. The molecule has 0 amide bonds. The maximum Gasteiger partial charge on any atom is 0.335 e. The molecule has 0 fully saturated rings. The van der Waals surface area contributed by atoms with E-state index in [2.05, 4.69) is 38.5 Å². The van der Waals surface area contributed by atoms with Gasteiger partial charge in [0, 0.05) is 8.90 Å². The van der Waals surface area contributed by atoms with Gasteiger partial charge in [-0.25, -0.2) is 4.79 Å². The summed E-state index contributed by atoms with van der Waals surface area (Å²) in [6.07, 6.45) is 0. The highest BCUT2D eigenvalue weighted by Crippen LogP contribution is 2.17. The minimum absolute atomic E-state index is 0.330. The SMILES string of the molecule is O=C(O)c1cc(Br)cc(CI)c1. The first-order chi connectivity index (χ1) is 5.63. The van der Waals surface area contributed by atoms with Crippen LogP contribution in [0.15, 0.2) is 22.7 Å². The fraction of sp³-hybridized carbons (Fsp3) is 0.125. The van der Waals surface area contributed by atoms with Crippen molar-refractivity contribution in [3.63, 3.8) is 0 Å². The van der Waals surface area contributed by atoms with Crippen molar-refractivity contribution < 1.29 is 9.90 Å². The Labute approximate surface area is 92.2 Å². The lowest BCUT2D eigenvalue weighted by Crippen LogP contribution is -1.96. The number of rotatable bonds is 2. The van der Waals surface area contributed by atoms with Gasteiger partial charge in [-0.05, 0) is 23.8 Å². The highest BCUT2D eigenvalue weighted by molar-refractivity contribution is 14.1. The Balaban J connectivity index is 3.15. The van der Waals surface area contributed by atoms with E-state index in [1.165, 1.54) is 0 Å². The van der Waals surface area contributed by atoms with Crippen molar-refractivity contribution in [3.05, 3.63) is 33.8 Å². The van der Waals surface area contributed by atoms with E-state index in [1.54, 1.807) is 12.1 Å². The smallest absolute Gasteiger partial charge is 0.335 e. The summed E-state index contributed by atoms with van der Waals surface area (Å²) >= 11 is 5.45. The molecule has 0 aliphatic heterocycles. The van der Waals surface area contributed by atoms with Crippen LogP contribution in [0.25, 0.3) is 0 Å². The molecule has 0 aromatic heterocycles. The van der Waals surface area contributed by atoms with Gasteiger partial charge in [-0.3, -0.25) is 0 Å². The third kappa shape index (κ3) is 2.45. The van der Waals surface area contributed by atoms with Gasteiger partial charge in [0.25, 0.3) is 0 Å². The van der Waals surface area contributed by atoms with Gasteiger partial charge in [0.1, 0.15) is 0 Å². The first kappa shape index (κ1) is 9.98. The van der Waals surface area contributed by atoms with Crippen LogP contribution in [0.4, 0.5) is 0 Å². The van der Waals surface area contributed by atoms with Crippen molar-refractivity contribution in [2.45, 2.75) is 4.43 Å². The van der Waals surface area contributed by atoms with E-state index in [0.717, 1.165) is 14.5 Å². The van der Waals surface area contributed by atoms with Gasteiger partial charge in [0.2, 0.25) is 0 Å². The molecule has 0 bridgehead atoms. The summed E-state index contributed by atoms with van der Waals surface area (Å²) < 4.78 is 1.63. The van der Waals surface area contributed by atoms with Crippen molar-refractivity contribution in [3.8, 4) is 0 Å². The van der Waals surface area contributed by atoms with Gasteiger partial charge in [-0.15, -0.1) is 0 Å². The summed E-state index contributed by atoms with van der Waals surface area (Å²) in [7, 11) is 0. The molecule has 0 aliphatic rings. The fourth-order valence-corrected chi connectivity index (χ4v) is 1.83. The molecule has 1 aromatic carbocycles. The topological polar surface area (TPSA) is 37.3 Å². The standard InChI is InChI=1S/C8H6BrIO2/c9-7-2-5(4-10)1-6(3-7)8(11)12/h1-3H,4H2,(H,11,12). The number of hydrogen-bond acceptors (Lipinski definition) is 1. The van der Waals surface area contributed by atoms with Crippen molar-refractivity contribution in [1.82, 2.24) is 0 Å². The minimum Gasteiger partial charge on any atom is -0.478 e. The van der Waals surface area contributed by atoms with E-state index in [9.17, 15) is 4.79 Å². The van der Waals surface area contributed by atoms with Gasteiger partial charge >= 0.3 is 5.97 Å². The normalized spacial score (nSPS) is 9.83. The predicted octanol–water partition coefficient (Wildman–Crippen LogP) is 3.08. The van der Waals surface area contributed by atoms with Gasteiger partial charge < -0.3 is 5.11 Å². The number of alkyl halides is 1. The van der Waals surface area contributed by atoms with Crippen molar-refractivity contribution in [1.29, 1.82) is 0 Å². The van der Waals surface area contributed by atoms with Gasteiger partial charge in [-0.2, -0.15) is 0 Å². The Bertz CT molecular complexity index is 312. The van der Waals surface area contributed by atoms with Crippen molar-refractivity contribution in [2.75, 3.05) is 0 Å². The second kappa shape index (κ2) is 4.23. The number of halogens is 2. The molecule has 12 heavy (non-hydrogen) atoms. The van der Waals surface area contributed by atoms with Crippen LogP contribution in [0.3, 0.4) is 0 Å². The molecule has 2 nitrogen and oxygen atoms in total. The maximum atomic E-state index is 10.6. The van der Waals surface area contributed by atoms with E-state index >= 15 is 0 Å². The Hall–Kier alpha value is -0.100. The van der Waals surface area contributed by atoms with Gasteiger partial charge in [0.15, 0.2) is 0 Å². The third-order valence-corrected chi connectivity index (χ3v) is 2.70.